The molecular weight excluding hydrogens is 236 g/mol. The van der Waals surface area contributed by atoms with Gasteiger partial charge in [0.15, 0.2) is 0 Å². The van der Waals surface area contributed by atoms with E-state index < -0.39 is 6.04 Å². The summed E-state index contributed by atoms with van der Waals surface area (Å²) in [6, 6.07) is 7.97. The topological polar surface area (TPSA) is 55.1 Å². The number of hydrogen-bond acceptors (Lipinski definition) is 2. The normalized spacial score (nSPS) is 13.9. The van der Waals surface area contributed by atoms with Crippen LogP contribution in [-0.2, 0) is 11.2 Å². The van der Waals surface area contributed by atoms with Crippen molar-refractivity contribution in [3.05, 3.63) is 35.4 Å². The van der Waals surface area contributed by atoms with Gasteiger partial charge < -0.3 is 11.1 Å². The molecule has 1 rings (SSSR count). The maximum absolute atomic E-state index is 11.9. The quantitative estimate of drug-likeness (QED) is 0.793. The second-order valence-corrected chi connectivity index (χ2v) is 5.07. The van der Waals surface area contributed by atoms with Gasteiger partial charge in [0.2, 0.25) is 5.91 Å². The largest absolute Gasteiger partial charge is 0.348 e. The monoisotopic (exact) mass is 262 g/mol. The zero-order valence-corrected chi connectivity index (χ0v) is 12.3. The lowest BCUT2D eigenvalue weighted by Crippen LogP contribution is -2.41. The van der Waals surface area contributed by atoms with Gasteiger partial charge in [0, 0.05) is 0 Å². The summed E-state index contributed by atoms with van der Waals surface area (Å²) < 4.78 is 0. The molecule has 0 spiro atoms. The van der Waals surface area contributed by atoms with Crippen molar-refractivity contribution in [2.45, 2.75) is 58.5 Å². The summed E-state index contributed by atoms with van der Waals surface area (Å²) in [5.74, 6) is -0.0551. The van der Waals surface area contributed by atoms with Crippen molar-refractivity contribution in [1.29, 1.82) is 0 Å². The number of carbonyl (C=O) groups is 1. The molecule has 0 aliphatic carbocycles. The molecule has 19 heavy (non-hydrogen) atoms. The number of benzene rings is 1. The highest BCUT2D eigenvalue weighted by molar-refractivity contribution is 5.81. The highest BCUT2D eigenvalue weighted by Gasteiger charge is 2.15. The van der Waals surface area contributed by atoms with E-state index >= 15 is 0 Å². The molecule has 2 atom stereocenters. The Morgan fingerprint density at radius 3 is 2.42 bits per heavy atom. The number of rotatable bonds is 7. The average Bonchev–Trinajstić information content (AvgIpc) is 2.44. The van der Waals surface area contributed by atoms with Crippen molar-refractivity contribution >= 4 is 5.91 Å². The molecule has 0 fully saturated rings. The summed E-state index contributed by atoms with van der Waals surface area (Å²) in [4.78, 5) is 11.9. The van der Waals surface area contributed by atoms with Crippen molar-refractivity contribution in [3.63, 3.8) is 0 Å². The molecule has 0 saturated carbocycles. The molecule has 1 aromatic carbocycles. The van der Waals surface area contributed by atoms with Gasteiger partial charge >= 0.3 is 0 Å². The van der Waals surface area contributed by atoms with Crippen LogP contribution >= 0.6 is 0 Å². The minimum Gasteiger partial charge on any atom is -0.348 e. The highest BCUT2D eigenvalue weighted by Crippen LogP contribution is 2.14. The average molecular weight is 262 g/mol. The standard InChI is InChI=1S/C16H26N2O/c1-4-6-7-15(17)16(19)18-12(3)14-10-8-13(5-2)9-11-14/h8-12,15H,4-7,17H2,1-3H3,(H,18,19). The van der Waals surface area contributed by atoms with E-state index in [0.29, 0.717) is 0 Å². The van der Waals surface area contributed by atoms with Gasteiger partial charge in [-0.3, -0.25) is 4.79 Å². The van der Waals surface area contributed by atoms with E-state index in [1.165, 1.54) is 5.56 Å². The van der Waals surface area contributed by atoms with E-state index in [1.807, 2.05) is 6.92 Å². The minimum atomic E-state index is -0.391. The molecule has 0 heterocycles. The molecule has 1 amide bonds. The number of nitrogens with one attached hydrogen (secondary N) is 1. The van der Waals surface area contributed by atoms with Gasteiger partial charge in [0.1, 0.15) is 0 Å². The van der Waals surface area contributed by atoms with Crippen LogP contribution in [0.3, 0.4) is 0 Å². The first-order chi connectivity index (χ1) is 9.08. The third-order valence-electron chi connectivity index (χ3n) is 3.45. The van der Waals surface area contributed by atoms with Crippen LogP contribution in [0.25, 0.3) is 0 Å². The maximum atomic E-state index is 11.9. The Kier molecular flexibility index (Phi) is 6.57. The number of hydrogen-bond donors (Lipinski definition) is 2. The summed E-state index contributed by atoms with van der Waals surface area (Å²) in [5, 5.41) is 2.98. The van der Waals surface area contributed by atoms with Crippen LogP contribution in [-0.4, -0.2) is 11.9 Å². The molecule has 0 saturated heterocycles. The van der Waals surface area contributed by atoms with Gasteiger partial charge in [0.05, 0.1) is 12.1 Å². The third-order valence-corrected chi connectivity index (χ3v) is 3.45. The molecule has 3 nitrogen and oxygen atoms in total. The SMILES string of the molecule is CCCCC(N)C(=O)NC(C)c1ccc(CC)cc1. The van der Waals surface area contributed by atoms with Gasteiger partial charge in [0.25, 0.3) is 0 Å². The first-order valence-electron chi connectivity index (χ1n) is 7.23. The Morgan fingerprint density at radius 1 is 1.26 bits per heavy atom. The summed E-state index contributed by atoms with van der Waals surface area (Å²) in [6.45, 7) is 6.22. The number of aryl methyl sites for hydroxylation is 1. The molecule has 1 aromatic rings. The van der Waals surface area contributed by atoms with E-state index in [0.717, 1.165) is 31.2 Å². The van der Waals surface area contributed by atoms with Crippen molar-refractivity contribution in [2.24, 2.45) is 5.73 Å². The van der Waals surface area contributed by atoms with Crippen LogP contribution in [0, 0.1) is 0 Å². The van der Waals surface area contributed by atoms with Crippen LogP contribution < -0.4 is 11.1 Å². The predicted octanol–water partition coefficient (Wildman–Crippen LogP) is 2.94. The summed E-state index contributed by atoms with van der Waals surface area (Å²) >= 11 is 0. The smallest absolute Gasteiger partial charge is 0.237 e. The van der Waals surface area contributed by atoms with Gasteiger partial charge in [-0.05, 0) is 30.9 Å². The van der Waals surface area contributed by atoms with Crippen LogP contribution in [0.15, 0.2) is 24.3 Å². The van der Waals surface area contributed by atoms with Crippen molar-refractivity contribution in [2.75, 3.05) is 0 Å². The van der Waals surface area contributed by atoms with Gasteiger partial charge in [-0.1, -0.05) is 51.0 Å². The van der Waals surface area contributed by atoms with E-state index in [9.17, 15) is 4.79 Å². The Balaban J connectivity index is 2.53. The highest BCUT2D eigenvalue weighted by atomic mass is 16.2. The van der Waals surface area contributed by atoms with Crippen LogP contribution in [0.1, 0.15) is 57.2 Å². The zero-order chi connectivity index (χ0) is 14.3. The Bertz CT molecular complexity index is 386. The van der Waals surface area contributed by atoms with Crippen molar-refractivity contribution in [3.8, 4) is 0 Å². The number of unbranched alkanes of at least 4 members (excludes halogenated alkanes) is 1. The molecule has 0 radical (unpaired) electrons. The summed E-state index contributed by atoms with van der Waals surface area (Å²) in [6.07, 6.45) is 3.84. The lowest BCUT2D eigenvalue weighted by molar-refractivity contribution is -0.123. The minimum absolute atomic E-state index is 0.00563. The lowest BCUT2D eigenvalue weighted by atomic mass is 10.0. The molecule has 106 valence electrons. The fraction of sp³-hybridized carbons (Fsp3) is 0.562. The predicted molar refractivity (Wildman–Crippen MR) is 79.9 cm³/mol. The number of carbonyl (C=O) groups excluding carboxylic acids is 1. The second-order valence-electron chi connectivity index (χ2n) is 5.07. The lowest BCUT2D eigenvalue weighted by Gasteiger charge is -2.18. The fourth-order valence-corrected chi connectivity index (χ4v) is 2.00. The molecular formula is C16H26N2O. The molecule has 0 aliphatic heterocycles. The Morgan fingerprint density at radius 2 is 1.89 bits per heavy atom. The molecule has 3 heteroatoms. The number of nitrogens with two attached hydrogens (primary N) is 1. The molecule has 3 N–H and O–H groups in total. The zero-order valence-electron chi connectivity index (χ0n) is 12.3. The van der Waals surface area contributed by atoms with E-state index in [2.05, 4.69) is 43.4 Å². The van der Waals surface area contributed by atoms with Crippen LogP contribution in [0.4, 0.5) is 0 Å². The van der Waals surface area contributed by atoms with Gasteiger partial charge in [-0.2, -0.15) is 0 Å². The Hall–Kier alpha value is -1.35. The molecule has 0 aromatic heterocycles. The van der Waals surface area contributed by atoms with E-state index in [-0.39, 0.29) is 11.9 Å². The summed E-state index contributed by atoms with van der Waals surface area (Å²) in [5.41, 5.74) is 8.29. The first kappa shape index (κ1) is 15.7. The first-order valence-corrected chi connectivity index (χ1v) is 7.23. The Labute approximate surface area is 116 Å². The van der Waals surface area contributed by atoms with E-state index in [4.69, 9.17) is 5.73 Å². The van der Waals surface area contributed by atoms with Gasteiger partial charge in [-0.25, -0.2) is 0 Å². The van der Waals surface area contributed by atoms with Crippen LogP contribution in [0.2, 0.25) is 0 Å². The fourth-order valence-electron chi connectivity index (χ4n) is 2.00. The van der Waals surface area contributed by atoms with Gasteiger partial charge in [-0.15, -0.1) is 0 Å². The molecule has 0 bridgehead atoms. The van der Waals surface area contributed by atoms with Crippen molar-refractivity contribution in [1.82, 2.24) is 5.32 Å². The second kappa shape index (κ2) is 7.95. The molecule has 0 aliphatic rings. The molecule has 2 unspecified atom stereocenters. The van der Waals surface area contributed by atoms with Crippen LogP contribution in [0.5, 0.6) is 0 Å². The number of amides is 1. The van der Waals surface area contributed by atoms with E-state index in [1.54, 1.807) is 0 Å². The summed E-state index contributed by atoms with van der Waals surface area (Å²) in [7, 11) is 0. The maximum Gasteiger partial charge on any atom is 0.237 e. The van der Waals surface area contributed by atoms with Crippen molar-refractivity contribution < 1.29 is 4.79 Å². The third kappa shape index (κ3) is 5.03.